The van der Waals surface area contributed by atoms with Crippen LogP contribution in [-0.4, -0.2) is 60.3 Å². The predicted molar refractivity (Wildman–Crippen MR) is 144 cm³/mol. The maximum absolute atomic E-state index is 13.7. The van der Waals surface area contributed by atoms with Crippen LogP contribution in [-0.2, 0) is 11.8 Å². The number of aromatic nitrogens is 3. The molecule has 8 nitrogen and oxygen atoms in total. The topological polar surface area (TPSA) is 78.2 Å². The van der Waals surface area contributed by atoms with Gasteiger partial charge in [0.2, 0.25) is 0 Å². The fourth-order valence-electron chi connectivity index (χ4n) is 4.05. The second-order valence-corrected chi connectivity index (χ2v) is 9.97. The van der Waals surface area contributed by atoms with E-state index < -0.39 is 0 Å². The average Bonchev–Trinajstić information content (AvgIpc) is 3.35. The van der Waals surface area contributed by atoms with E-state index >= 15 is 0 Å². The third-order valence-electron chi connectivity index (χ3n) is 6.31. The molecule has 37 heavy (non-hydrogen) atoms. The lowest BCUT2D eigenvalue weighted by molar-refractivity contribution is 0.0787. The molecule has 0 radical (unpaired) electrons. The number of hydrogen-bond acceptors (Lipinski definition) is 6. The van der Waals surface area contributed by atoms with Crippen molar-refractivity contribution in [3.05, 3.63) is 71.5 Å². The number of ether oxygens (including phenoxy) is 3. The summed E-state index contributed by atoms with van der Waals surface area (Å²) in [5.41, 5.74) is 4.35. The first-order chi connectivity index (χ1) is 17.6. The Hall–Kier alpha value is -4.07. The van der Waals surface area contributed by atoms with Gasteiger partial charge in [0.15, 0.2) is 17.1 Å². The van der Waals surface area contributed by atoms with Gasteiger partial charge in [-0.1, -0.05) is 39.0 Å². The molecule has 4 aromatic rings. The quantitative estimate of drug-likeness (QED) is 0.336. The van der Waals surface area contributed by atoms with Crippen LogP contribution < -0.4 is 14.2 Å². The molecule has 2 aromatic carbocycles. The van der Waals surface area contributed by atoms with Gasteiger partial charge in [0.25, 0.3) is 5.91 Å². The summed E-state index contributed by atoms with van der Waals surface area (Å²) in [6.45, 7) is 6.79. The van der Waals surface area contributed by atoms with Crippen LogP contribution in [0.15, 0.2) is 54.6 Å². The lowest BCUT2D eigenvalue weighted by Gasteiger charge is -2.19. The van der Waals surface area contributed by atoms with Gasteiger partial charge in [0.05, 0.1) is 32.7 Å². The first-order valence-electron chi connectivity index (χ1n) is 12.2. The molecule has 2 aromatic heterocycles. The molecule has 0 aliphatic carbocycles. The van der Waals surface area contributed by atoms with Gasteiger partial charge in [-0.2, -0.15) is 5.10 Å². The molecule has 0 saturated heterocycles. The lowest BCUT2D eigenvalue weighted by atomic mass is 9.93. The largest absolute Gasteiger partial charge is 0.497 e. The molecule has 0 unspecified atom stereocenters. The van der Waals surface area contributed by atoms with Crippen molar-refractivity contribution in [1.82, 2.24) is 19.5 Å². The molecule has 0 N–H and O–H groups in total. The van der Waals surface area contributed by atoms with E-state index in [1.54, 1.807) is 43.9 Å². The van der Waals surface area contributed by atoms with E-state index in [4.69, 9.17) is 24.3 Å². The zero-order valence-corrected chi connectivity index (χ0v) is 22.5. The van der Waals surface area contributed by atoms with Gasteiger partial charge in [-0.25, -0.2) is 9.50 Å². The van der Waals surface area contributed by atoms with Crippen LogP contribution in [0.1, 0.15) is 42.5 Å². The molecular weight excluding hydrogens is 468 g/mol. The van der Waals surface area contributed by atoms with Crippen molar-refractivity contribution in [2.75, 3.05) is 34.9 Å². The van der Waals surface area contributed by atoms with Crippen LogP contribution in [0.5, 0.6) is 17.2 Å². The molecule has 0 saturated carbocycles. The SMILES string of the molecule is COc1cccc(-c2cc(C(=O)N(C)CCc3ccc(OC)c(OC)c3)n3nc(C(C)(C)C)cc3n2)c1. The molecule has 0 aliphatic rings. The van der Waals surface area contributed by atoms with Crippen LogP contribution in [0.25, 0.3) is 16.9 Å². The minimum Gasteiger partial charge on any atom is -0.497 e. The fourth-order valence-corrected chi connectivity index (χ4v) is 4.05. The summed E-state index contributed by atoms with van der Waals surface area (Å²) in [4.78, 5) is 20.3. The highest BCUT2D eigenvalue weighted by Crippen LogP contribution is 2.29. The third-order valence-corrected chi connectivity index (χ3v) is 6.31. The van der Waals surface area contributed by atoms with Crippen LogP contribution in [0.2, 0.25) is 0 Å². The van der Waals surface area contributed by atoms with Gasteiger partial charge < -0.3 is 19.1 Å². The summed E-state index contributed by atoms with van der Waals surface area (Å²) in [6, 6.07) is 17.2. The Morgan fingerprint density at radius 3 is 2.38 bits per heavy atom. The van der Waals surface area contributed by atoms with Crippen molar-refractivity contribution in [2.24, 2.45) is 0 Å². The molecule has 0 spiro atoms. The predicted octanol–water partition coefficient (Wildman–Crippen LogP) is 5.03. The van der Waals surface area contributed by atoms with Crippen LogP contribution in [0.3, 0.4) is 0 Å². The Morgan fingerprint density at radius 1 is 0.946 bits per heavy atom. The Bertz CT molecular complexity index is 1420. The summed E-state index contributed by atoms with van der Waals surface area (Å²) in [6.07, 6.45) is 0.659. The van der Waals surface area contributed by atoms with Gasteiger partial charge in [0, 0.05) is 30.6 Å². The number of carbonyl (C=O) groups excluding carboxylic acids is 1. The third kappa shape index (κ3) is 5.53. The van der Waals surface area contributed by atoms with Gasteiger partial charge in [-0.05, 0) is 42.3 Å². The van der Waals surface area contributed by atoms with Gasteiger partial charge in [-0.3, -0.25) is 4.79 Å². The normalized spacial score (nSPS) is 11.4. The first kappa shape index (κ1) is 26.0. The number of nitrogens with zero attached hydrogens (tertiary/aromatic N) is 4. The number of hydrogen-bond donors (Lipinski definition) is 0. The van der Waals surface area contributed by atoms with E-state index in [1.807, 2.05) is 48.5 Å². The summed E-state index contributed by atoms with van der Waals surface area (Å²) in [5.74, 6) is 1.93. The van der Waals surface area contributed by atoms with Crippen LogP contribution in [0.4, 0.5) is 0 Å². The number of carbonyl (C=O) groups is 1. The van der Waals surface area contributed by atoms with E-state index in [0.717, 1.165) is 22.6 Å². The van der Waals surface area contributed by atoms with Crippen molar-refractivity contribution in [2.45, 2.75) is 32.6 Å². The monoisotopic (exact) mass is 502 g/mol. The van der Waals surface area contributed by atoms with Gasteiger partial charge >= 0.3 is 0 Å². The number of amides is 1. The molecule has 0 bridgehead atoms. The van der Waals surface area contributed by atoms with E-state index in [0.29, 0.717) is 41.5 Å². The highest BCUT2D eigenvalue weighted by atomic mass is 16.5. The maximum Gasteiger partial charge on any atom is 0.272 e. The lowest BCUT2D eigenvalue weighted by Crippen LogP contribution is -2.30. The van der Waals surface area contributed by atoms with Gasteiger partial charge in [-0.15, -0.1) is 0 Å². The second-order valence-electron chi connectivity index (χ2n) is 9.97. The summed E-state index contributed by atoms with van der Waals surface area (Å²) in [5, 5.41) is 4.77. The van der Waals surface area contributed by atoms with E-state index in [2.05, 4.69) is 20.8 Å². The minimum atomic E-state index is -0.191. The molecule has 8 heteroatoms. The molecule has 4 rings (SSSR count). The average molecular weight is 503 g/mol. The standard InChI is InChI=1S/C29H34N4O4/c1-29(2,3)26-18-27-30-22(20-9-8-10-21(16-20)35-5)17-23(33(27)31-26)28(34)32(4)14-13-19-11-12-24(36-6)25(15-19)37-7/h8-12,15-18H,13-14H2,1-7H3. The number of methoxy groups -OCH3 is 3. The molecule has 0 atom stereocenters. The number of fused-ring (bicyclic) bond motifs is 1. The van der Waals surface area contributed by atoms with E-state index in [9.17, 15) is 4.79 Å². The Labute approximate surface area is 217 Å². The van der Waals surface area contributed by atoms with E-state index in [-0.39, 0.29) is 11.3 Å². The Balaban J connectivity index is 1.69. The van der Waals surface area contributed by atoms with Crippen molar-refractivity contribution < 1.29 is 19.0 Å². The molecule has 2 heterocycles. The van der Waals surface area contributed by atoms with Crippen LogP contribution in [0, 0.1) is 0 Å². The fraction of sp³-hybridized carbons (Fsp3) is 0.345. The van der Waals surface area contributed by atoms with Crippen molar-refractivity contribution in [1.29, 1.82) is 0 Å². The van der Waals surface area contributed by atoms with Crippen molar-refractivity contribution >= 4 is 11.6 Å². The smallest absolute Gasteiger partial charge is 0.272 e. The van der Waals surface area contributed by atoms with Crippen LogP contribution >= 0.6 is 0 Å². The minimum absolute atomic E-state index is 0.138. The Kier molecular flexibility index (Phi) is 7.38. The molecule has 0 fully saturated rings. The highest BCUT2D eigenvalue weighted by Gasteiger charge is 2.23. The number of rotatable bonds is 8. The zero-order chi connectivity index (χ0) is 26.7. The Morgan fingerprint density at radius 2 is 1.70 bits per heavy atom. The molecule has 1 amide bonds. The molecule has 0 aliphatic heterocycles. The summed E-state index contributed by atoms with van der Waals surface area (Å²) in [7, 11) is 6.65. The van der Waals surface area contributed by atoms with Crippen molar-refractivity contribution in [3.63, 3.8) is 0 Å². The van der Waals surface area contributed by atoms with Crippen molar-refractivity contribution in [3.8, 4) is 28.5 Å². The highest BCUT2D eigenvalue weighted by molar-refractivity contribution is 5.94. The van der Waals surface area contributed by atoms with Gasteiger partial charge in [0.1, 0.15) is 11.4 Å². The second kappa shape index (κ2) is 10.5. The molecular formula is C29H34N4O4. The zero-order valence-electron chi connectivity index (χ0n) is 22.5. The molecule has 194 valence electrons. The first-order valence-corrected chi connectivity index (χ1v) is 12.2. The van der Waals surface area contributed by atoms with E-state index in [1.165, 1.54) is 0 Å². The number of likely N-dealkylation sites (N-methyl/N-ethyl adjacent to an activating group) is 1. The summed E-state index contributed by atoms with van der Waals surface area (Å²) < 4.78 is 17.8. The maximum atomic E-state index is 13.7. The summed E-state index contributed by atoms with van der Waals surface area (Å²) >= 11 is 0. The number of benzene rings is 2.